The topological polar surface area (TPSA) is 119 Å². The van der Waals surface area contributed by atoms with Gasteiger partial charge in [-0.15, -0.1) is 6.58 Å². The first kappa shape index (κ1) is 48.3. The lowest BCUT2D eigenvalue weighted by Gasteiger charge is -2.18. The number of esters is 2. The van der Waals surface area contributed by atoms with Crippen LogP contribution in [0.4, 0.5) is 0 Å². The van der Waals surface area contributed by atoms with Gasteiger partial charge in [0.2, 0.25) is 0 Å². The summed E-state index contributed by atoms with van der Waals surface area (Å²) in [5.74, 6) is -0.937. The minimum atomic E-state index is -4.76. The number of phosphoric ester groups is 1. The fraction of sp³-hybridized carbons (Fsp3) is 0.805. The van der Waals surface area contributed by atoms with E-state index in [0.29, 0.717) is 12.8 Å². The molecule has 0 saturated carbocycles. The molecule has 292 valence electrons. The van der Waals surface area contributed by atoms with Crippen LogP contribution < -0.4 is 0 Å². The molecule has 1 atom stereocenters. The average Bonchev–Trinajstić information content (AvgIpc) is 3.08. The highest BCUT2D eigenvalue weighted by Gasteiger charge is 2.22. The van der Waals surface area contributed by atoms with Crippen LogP contribution >= 0.6 is 7.82 Å². The third-order valence-electron chi connectivity index (χ3n) is 8.78. The van der Waals surface area contributed by atoms with E-state index in [1.165, 1.54) is 116 Å². The zero-order chi connectivity index (χ0) is 36.8. The molecule has 8 nitrogen and oxygen atoms in total. The van der Waals surface area contributed by atoms with E-state index < -0.39 is 32.5 Å². The van der Waals surface area contributed by atoms with Crippen molar-refractivity contribution in [3.8, 4) is 0 Å². The van der Waals surface area contributed by atoms with Gasteiger partial charge >= 0.3 is 19.8 Å². The molecule has 0 aliphatic heterocycles. The number of carbonyl (C=O) groups excluding carboxylic acids is 2. The second-order valence-electron chi connectivity index (χ2n) is 13.7. The molecule has 0 fully saturated rings. The van der Waals surface area contributed by atoms with E-state index in [9.17, 15) is 14.2 Å². The highest BCUT2D eigenvalue weighted by Crippen LogP contribution is 2.36. The molecule has 0 bridgehead atoms. The molecule has 0 aromatic heterocycles. The molecule has 0 heterocycles. The summed E-state index contributed by atoms with van der Waals surface area (Å²) in [5, 5.41) is 0. The first-order valence-corrected chi connectivity index (χ1v) is 21.8. The van der Waals surface area contributed by atoms with Crippen LogP contribution in [-0.4, -0.2) is 41.0 Å². The first-order chi connectivity index (χ1) is 24.3. The fourth-order valence-electron chi connectivity index (χ4n) is 5.75. The molecule has 0 spiro atoms. The summed E-state index contributed by atoms with van der Waals surface area (Å²) >= 11 is 0. The Morgan fingerprint density at radius 3 is 1.52 bits per heavy atom. The number of hydrogen-bond donors (Lipinski definition) is 2. The van der Waals surface area contributed by atoms with Crippen LogP contribution in [0.2, 0.25) is 0 Å². The van der Waals surface area contributed by atoms with Crippen LogP contribution in [-0.2, 0) is 28.2 Å². The van der Waals surface area contributed by atoms with Crippen LogP contribution in [0.15, 0.2) is 37.0 Å². The predicted octanol–water partition coefficient (Wildman–Crippen LogP) is 12.2. The van der Waals surface area contributed by atoms with Crippen LogP contribution in [0.25, 0.3) is 0 Å². The maximum atomic E-state index is 12.4. The molecule has 0 unspecified atom stereocenters. The van der Waals surface area contributed by atoms with E-state index in [4.69, 9.17) is 19.3 Å². The summed E-state index contributed by atoms with van der Waals surface area (Å²) in [6.45, 7) is 5.17. The number of hydrogen-bond acceptors (Lipinski definition) is 6. The van der Waals surface area contributed by atoms with Crippen LogP contribution in [0.1, 0.15) is 193 Å². The Balaban J connectivity index is 3.97. The molecule has 0 saturated heterocycles. The van der Waals surface area contributed by atoms with Gasteiger partial charge in [0.25, 0.3) is 0 Å². The van der Waals surface area contributed by atoms with Crippen molar-refractivity contribution in [2.75, 3.05) is 13.2 Å². The van der Waals surface area contributed by atoms with E-state index >= 15 is 0 Å². The molecular weight excluding hydrogens is 651 g/mol. The Morgan fingerprint density at radius 1 is 0.580 bits per heavy atom. The SMILES string of the molecule is C=CCCCCCCCCCCCCCCCC(=O)O[C@H](COC(=O)CCC/C=C/C/C=C/CCCCCCCCCCC)COP(=O)(O)O. The number of ether oxygens (including phenoxy) is 2. The largest absolute Gasteiger partial charge is 0.469 e. The van der Waals surface area contributed by atoms with Gasteiger partial charge in [-0.2, -0.15) is 0 Å². The molecule has 0 aromatic carbocycles. The van der Waals surface area contributed by atoms with E-state index in [0.717, 1.165) is 44.9 Å². The van der Waals surface area contributed by atoms with Gasteiger partial charge in [0.05, 0.1) is 6.61 Å². The highest BCUT2D eigenvalue weighted by atomic mass is 31.2. The predicted molar refractivity (Wildman–Crippen MR) is 207 cm³/mol. The molecule has 0 aliphatic carbocycles. The van der Waals surface area contributed by atoms with Crippen molar-refractivity contribution >= 4 is 19.8 Å². The highest BCUT2D eigenvalue weighted by molar-refractivity contribution is 7.46. The van der Waals surface area contributed by atoms with Crippen molar-refractivity contribution in [1.29, 1.82) is 0 Å². The quantitative estimate of drug-likeness (QED) is 0.0279. The molecule has 50 heavy (non-hydrogen) atoms. The van der Waals surface area contributed by atoms with E-state index in [1.807, 2.05) is 6.08 Å². The number of rotatable bonds is 38. The number of carbonyl (C=O) groups is 2. The fourth-order valence-corrected chi connectivity index (χ4v) is 6.11. The molecule has 0 aliphatic rings. The van der Waals surface area contributed by atoms with Gasteiger partial charge in [-0.25, -0.2) is 4.57 Å². The summed E-state index contributed by atoms with van der Waals surface area (Å²) < 4.78 is 26.3. The Kier molecular flexibility index (Phi) is 35.8. The van der Waals surface area contributed by atoms with Crippen molar-refractivity contribution < 1.29 is 37.9 Å². The normalized spacial score (nSPS) is 12.5. The van der Waals surface area contributed by atoms with Crippen molar-refractivity contribution in [3.05, 3.63) is 37.0 Å². The second kappa shape index (κ2) is 37.0. The number of phosphoric acid groups is 1. The van der Waals surface area contributed by atoms with Crippen molar-refractivity contribution in [3.63, 3.8) is 0 Å². The van der Waals surface area contributed by atoms with Gasteiger partial charge in [0.15, 0.2) is 6.10 Å². The summed E-state index contributed by atoms with van der Waals surface area (Å²) in [7, 11) is -4.76. The third-order valence-corrected chi connectivity index (χ3v) is 9.26. The summed E-state index contributed by atoms with van der Waals surface area (Å²) in [4.78, 5) is 42.7. The maximum absolute atomic E-state index is 12.4. The van der Waals surface area contributed by atoms with Gasteiger partial charge in [-0.05, 0) is 51.4 Å². The Bertz CT molecular complexity index is 897. The van der Waals surface area contributed by atoms with Crippen molar-refractivity contribution in [1.82, 2.24) is 0 Å². The minimum Gasteiger partial charge on any atom is -0.462 e. The molecule has 9 heteroatoms. The number of unbranched alkanes of at least 4 members (excludes halogenated alkanes) is 23. The lowest BCUT2D eigenvalue weighted by atomic mass is 10.0. The van der Waals surface area contributed by atoms with Gasteiger partial charge in [0, 0.05) is 12.8 Å². The molecule has 0 rings (SSSR count). The van der Waals surface area contributed by atoms with Gasteiger partial charge in [0.1, 0.15) is 6.61 Å². The molecular formula is C41H75O8P. The maximum Gasteiger partial charge on any atom is 0.469 e. The molecule has 2 N–H and O–H groups in total. The lowest BCUT2D eigenvalue weighted by molar-refractivity contribution is -0.161. The summed E-state index contributed by atoms with van der Waals surface area (Å²) in [5.41, 5.74) is 0. The minimum absolute atomic E-state index is 0.202. The van der Waals surface area contributed by atoms with E-state index in [1.54, 1.807) is 0 Å². The first-order valence-electron chi connectivity index (χ1n) is 20.2. The zero-order valence-electron chi connectivity index (χ0n) is 31.9. The van der Waals surface area contributed by atoms with Gasteiger partial charge < -0.3 is 19.3 Å². The molecule has 0 aromatic rings. The smallest absolute Gasteiger partial charge is 0.462 e. The van der Waals surface area contributed by atoms with Gasteiger partial charge in [-0.3, -0.25) is 14.1 Å². The lowest BCUT2D eigenvalue weighted by Crippen LogP contribution is -2.29. The standard InChI is InChI=1S/C41H75O8P/c1-3-5-7-9-11-13-15-17-19-20-22-23-25-27-29-31-33-35-40(42)47-37-39(38-48-50(44,45)46)49-41(43)36-34-32-30-28-26-24-21-18-16-14-12-10-8-6-4-2/h4,22-23,27,29,39H,2-3,5-21,24-26,28,30-38H2,1H3,(H2,44,45,46)/b23-22+,29-27+/t39-/m1/s1. The van der Waals surface area contributed by atoms with Crippen LogP contribution in [0.5, 0.6) is 0 Å². The van der Waals surface area contributed by atoms with Crippen LogP contribution in [0.3, 0.4) is 0 Å². The average molecular weight is 727 g/mol. The van der Waals surface area contributed by atoms with Crippen molar-refractivity contribution in [2.24, 2.45) is 0 Å². The number of allylic oxidation sites excluding steroid dienone is 5. The molecule has 0 radical (unpaired) electrons. The van der Waals surface area contributed by atoms with E-state index in [-0.39, 0.29) is 19.4 Å². The Labute approximate surface area is 306 Å². The Hall–Kier alpha value is -1.73. The van der Waals surface area contributed by atoms with Crippen LogP contribution in [0, 0.1) is 0 Å². The zero-order valence-corrected chi connectivity index (χ0v) is 32.8. The van der Waals surface area contributed by atoms with Crippen molar-refractivity contribution in [2.45, 2.75) is 199 Å². The van der Waals surface area contributed by atoms with E-state index in [2.05, 4.69) is 42.3 Å². The molecule has 0 amide bonds. The second-order valence-corrected chi connectivity index (χ2v) is 14.9. The monoisotopic (exact) mass is 727 g/mol. The summed E-state index contributed by atoms with van der Waals surface area (Å²) in [6, 6.07) is 0. The summed E-state index contributed by atoms with van der Waals surface area (Å²) in [6.07, 6.45) is 41.9. The third kappa shape index (κ3) is 39.1. The Morgan fingerprint density at radius 2 is 1.02 bits per heavy atom. The van der Waals surface area contributed by atoms with Gasteiger partial charge in [-0.1, -0.05) is 159 Å².